The number of aryl methyl sites for hydroxylation is 1. The van der Waals surface area contributed by atoms with Gasteiger partial charge in [-0.05, 0) is 29.5 Å². The first-order chi connectivity index (χ1) is 9.66. The second-order valence-electron chi connectivity index (χ2n) is 4.07. The minimum atomic E-state index is -0.314. The summed E-state index contributed by atoms with van der Waals surface area (Å²) in [5.41, 5.74) is 5.67. The molecule has 0 aliphatic heterocycles. The molecule has 0 radical (unpaired) electrons. The highest BCUT2D eigenvalue weighted by molar-refractivity contribution is 7.12. The van der Waals surface area contributed by atoms with Crippen LogP contribution in [0.25, 0.3) is 0 Å². The molecular formula is C14H13ClN2O2S. The van der Waals surface area contributed by atoms with Gasteiger partial charge in [0.2, 0.25) is 5.91 Å². The summed E-state index contributed by atoms with van der Waals surface area (Å²) in [6.07, 6.45) is 0.787. The van der Waals surface area contributed by atoms with Gasteiger partial charge in [-0.25, -0.2) is 0 Å². The van der Waals surface area contributed by atoms with E-state index in [1.807, 2.05) is 18.2 Å². The fourth-order valence-electron chi connectivity index (χ4n) is 1.61. The highest BCUT2D eigenvalue weighted by Crippen LogP contribution is 2.16. The molecule has 20 heavy (non-hydrogen) atoms. The van der Waals surface area contributed by atoms with E-state index in [1.54, 1.807) is 23.6 Å². The number of carbonyl (C=O) groups is 2. The van der Waals surface area contributed by atoms with Gasteiger partial charge in [-0.1, -0.05) is 35.9 Å². The molecule has 0 saturated carbocycles. The maximum absolute atomic E-state index is 11.6. The first-order valence-electron chi connectivity index (χ1n) is 6.03. The number of carbonyl (C=O) groups excluding carboxylic acids is 2. The fourth-order valence-corrected chi connectivity index (χ4v) is 2.46. The maximum Gasteiger partial charge on any atom is 0.279 e. The number of rotatable bonds is 4. The van der Waals surface area contributed by atoms with E-state index in [9.17, 15) is 9.59 Å². The number of nitrogens with one attached hydrogen (secondary N) is 2. The second kappa shape index (κ2) is 7.07. The minimum Gasteiger partial charge on any atom is -0.273 e. The summed E-state index contributed by atoms with van der Waals surface area (Å²) in [4.78, 5) is 23.8. The van der Waals surface area contributed by atoms with E-state index in [-0.39, 0.29) is 18.2 Å². The van der Waals surface area contributed by atoms with Gasteiger partial charge in [-0.2, -0.15) is 0 Å². The van der Waals surface area contributed by atoms with Gasteiger partial charge < -0.3 is 0 Å². The number of hydrazine groups is 1. The third-order valence-corrected chi connectivity index (χ3v) is 3.88. The van der Waals surface area contributed by atoms with Crippen molar-refractivity contribution in [1.29, 1.82) is 0 Å². The Morgan fingerprint density at radius 2 is 1.90 bits per heavy atom. The molecule has 0 spiro atoms. The summed E-state index contributed by atoms with van der Waals surface area (Å²) in [6.45, 7) is 0. The van der Waals surface area contributed by atoms with Crippen molar-refractivity contribution in [2.45, 2.75) is 12.8 Å². The van der Waals surface area contributed by atoms with Crippen molar-refractivity contribution in [3.05, 3.63) is 57.2 Å². The Labute approximate surface area is 125 Å². The third-order valence-electron chi connectivity index (χ3n) is 2.64. The van der Waals surface area contributed by atoms with Crippen molar-refractivity contribution in [1.82, 2.24) is 10.9 Å². The summed E-state index contributed by atoms with van der Waals surface area (Å²) in [5.74, 6) is -0.569. The van der Waals surface area contributed by atoms with E-state index in [0.29, 0.717) is 16.3 Å². The molecule has 0 saturated heterocycles. The van der Waals surface area contributed by atoms with E-state index in [0.717, 1.165) is 5.56 Å². The zero-order valence-electron chi connectivity index (χ0n) is 10.6. The molecule has 0 aliphatic rings. The number of halogens is 1. The van der Waals surface area contributed by atoms with Crippen molar-refractivity contribution in [3.8, 4) is 0 Å². The van der Waals surface area contributed by atoms with Crippen molar-refractivity contribution < 1.29 is 9.59 Å². The molecule has 1 aromatic carbocycles. The van der Waals surface area contributed by atoms with Gasteiger partial charge in [0.1, 0.15) is 0 Å². The molecule has 6 heteroatoms. The fraction of sp³-hybridized carbons (Fsp3) is 0.143. The van der Waals surface area contributed by atoms with E-state index in [4.69, 9.17) is 11.6 Å². The van der Waals surface area contributed by atoms with E-state index < -0.39 is 0 Å². The van der Waals surface area contributed by atoms with Crippen molar-refractivity contribution in [3.63, 3.8) is 0 Å². The first-order valence-corrected chi connectivity index (χ1v) is 7.28. The van der Waals surface area contributed by atoms with Gasteiger partial charge in [-0.3, -0.25) is 20.4 Å². The largest absolute Gasteiger partial charge is 0.279 e. The molecule has 104 valence electrons. The van der Waals surface area contributed by atoms with Gasteiger partial charge in [0, 0.05) is 11.4 Å². The van der Waals surface area contributed by atoms with Crippen LogP contribution in [0.4, 0.5) is 0 Å². The lowest BCUT2D eigenvalue weighted by molar-refractivity contribution is -0.121. The van der Waals surface area contributed by atoms with Crippen LogP contribution >= 0.6 is 22.9 Å². The monoisotopic (exact) mass is 308 g/mol. The smallest absolute Gasteiger partial charge is 0.273 e. The zero-order chi connectivity index (χ0) is 14.4. The summed E-state index contributed by atoms with van der Waals surface area (Å²) < 4.78 is 0. The molecule has 2 N–H and O–H groups in total. The summed E-state index contributed by atoms with van der Waals surface area (Å²) in [6, 6.07) is 10.8. The summed E-state index contributed by atoms with van der Waals surface area (Å²) in [5, 5.41) is 2.44. The lowest BCUT2D eigenvalue weighted by atomic mass is 10.1. The van der Waals surface area contributed by atoms with Gasteiger partial charge in [0.05, 0.1) is 4.88 Å². The van der Waals surface area contributed by atoms with Crippen LogP contribution < -0.4 is 10.9 Å². The maximum atomic E-state index is 11.6. The SMILES string of the molecule is O=C(CCc1ccccc1Cl)NNC(=O)c1cccs1. The average molecular weight is 309 g/mol. The molecule has 0 aliphatic carbocycles. The number of thiophene rings is 1. The topological polar surface area (TPSA) is 58.2 Å². The van der Waals surface area contributed by atoms with Crippen molar-refractivity contribution in [2.24, 2.45) is 0 Å². The van der Waals surface area contributed by atoms with Crippen LogP contribution in [0.1, 0.15) is 21.7 Å². The minimum absolute atomic E-state index is 0.255. The number of hydrogen-bond donors (Lipinski definition) is 2. The Bertz CT molecular complexity index is 599. The molecule has 2 amide bonds. The highest BCUT2D eigenvalue weighted by Gasteiger charge is 2.08. The van der Waals surface area contributed by atoms with Gasteiger partial charge in [0.25, 0.3) is 5.91 Å². The second-order valence-corrected chi connectivity index (χ2v) is 5.43. The van der Waals surface area contributed by atoms with Crippen LogP contribution in [0, 0.1) is 0 Å². The van der Waals surface area contributed by atoms with Crippen LogP contribution in [-0.2, 0) is 11.2 Å². The molecule has 1 heterocycles. The van der Waals surface area contributed by atoms with Crippen molar-refractivity contribution >= 4 is 34.8 Å². The number of amides is 2. The quantitative estimate of drug-likeness (QED) is 0.853. The van der Waals surface area contributed by atoms with Crippen LogP contribution in [0.15, 0.2) is 41.8 Å². The van der Waals surface area contributed by atoms with E-state index >= 15 is 0 Å². The predicted molar refractivity (Wildman–Crippen MR) is 79.7 cm³/mol. The molecular weight excluding hydrogens is 296 g/mol. The molecule has 0 bridgehead atoms. The predicted octanol–water partition coefficient (Wildman–Crippen LogP) is 2.80. The normalized spacial score (nSPS) is 10.1. The zero-order valence-corrected chi connectivity index (χ0v) is 12.1. The highest BCUT2D eigenvalue weighted by atomic mass is 35.5. The first kappa shape index (κ1) is 14.6. The Morgan fingerprint density at radius 1 is 1.10 bits per heavy atom. The standard InChI is InChI=1S/C14H13ClN2O2S/c15-11-5-2-1-4-10(11)7-8-13(18)16-17-14(19)12-6-3-9-20-12/h1-6,9H,7-8H2,(H,16,18)(H,17,19). The summed E-state index contributed by atoms with van der Waals surface area (Å²) in [7, 11) is 0. The molecule has 0 fully saturated rings. The van der Waals surface area contributed by atoms with Crippen LogP contribution in [0.5, 0.6) is 0 Å². The van der Waals surface area contributed by atoms with Crippen LogP contribution in [0.3, 0.4) is 0 Å². The van der Waals surface area contributed by atoms with E-state index in [1.165, 1.54) is 11.3 Å². The number of benzene rings is 1. The van der Waals surface area contributed by atoms with Crippen molar-refractivity contribution in [2.75, 3.05) is 0 Å². The third kappa shape index (κ3) is 4.08. The molecule has 0 unspecified atom stereocenters. The molecule has 4 nitrogen and oxygen atoms in total. The summed E-state index contributed by atoms with van der Waals surface area (Å²) >= 11 is 7.32. The lowest BCUT2D eigenvalue weighted by Gasteiger charge is -2.07. The van der Waals surface area contributed by atoms with Gasteiger partial charge in [0.15, 0.2) is 0 Å². The van der Waals surface area contributed by atoms with E-state index in [2.05, 4.69) is 10.9 Å². The Balaban J connectivity index is 1.76. The van der Waals surface area contributed by atoms with Gasteiger partial charge >= 0.3 is 0 Å². The Kier molecular flexibility index (Phi) is 5.15. The lowest BCUT2D eigenvalue weighted by Crippen LogP contribution is -2.41. The average Bonchev–Trinajstić information content (AvgIpc) is 2.98. The van der Waals surface area contributed by atoms with Crippen LogP contribution in [0.2, 0.25) is 5.02 Å². The Morgan fingerprint density at radius 3 is 2.60 bits per heavy atom. The number of hydrogen-bond acceptors (Lipinski definition) is 3. The van der Waals surface area contributed by atoms with Crippen LogP contribution in [-0.4, -0.2) is 11.8 Å². The Hall–Kier alpha value is -1.85. The molecule has 0 atom stereocenters. The van der Waals surface area contributed by atoms with Gasteiger partial charge in [-0.15, -0.1) is 11.3 Å². The molecule has 1 aromatic heterocycles. The molecule has 2 aromatic rings. The molecule has 2 rings (SSSR count).